The van der Waals surface area contributed by atoms with E-state index in [0.29, 0.717) is 11.6 Å². The molecular formula is C10H10N6O. The van der Waals surface area contributed by atoms with E-state index in [1.807, 2.05) is 0 Å². The van der Waals surface area contributed by atoms with Crippen LogP contribution in [0.1, 0.15) is 0 Å². The molecule has 0 aromatic carbocycles. The molecule has 0 atom stereocenters. The van der Waals surface area contributed by atoms with Crippen molar-refractivity contribution in [3.05, 3.63) is 43.6 Å². The third-order valence-electron chi connectivity index (χ3n) is 1.87. The molecule has 2 aromatic heterocycles. The zero-order chi connectivity index (χ0) is 12.1. The molecule has 0 saturated carbocycles. The molecule has 0 spiro atoms. The summed E-state index contributed by atoms with van der Waals surface area (Å²) in [5.41, 5.74) is 0. The number of aromatic nitrogens is 4. The topological polar surface area (TPSA) is 84.7 Å². The molecule has 86 valence electrons. The number of urea groups is 1. The first kappa shape index (κ1) is 10.8. The maximum atomic E-state index is 11.2. The molecule has 0 aliphatic heterocycles. The van der Waals surface area contributed by atoms with Gasteiger partial charge in [-0.05, 0) is 12.3 Å². The normalized spacial score (nSPS) is 9.65. The Kier molecular flexibility index (Phi) is 3.10. The zero-order valence-corrected chi connectivity index (χ0v) is 8.87. The summed E-state index contributed by atoms with van der Waals surface area (Å²) in [5, 5.41) is 8.94. The molecule has 0 unspecified atom stereocenters. The van der Waals surface area contributed by atoms with Crippen LogP contribution in [0.15, 0.2) is 43.6 Å². The standard InChI is InChI=1S/C10H10N6O/c1-2-11-10(17)15-8-6-9(13-7-12-8)16-5-3-4-14-16/h2-7H,1H2,(H2,11,12,13,15,17). The lowest BCUT2D eigenvalue weighted by Crippen LogP contribution is -2.24. The van der Waals surface area contributed by atoms with E-state index in [0.717, 1.165) is 0 Å². The molecule has 0 fully saturated rings. The summed E-state index contributed by atoms with van der Waals surface area (Å²) in [5.74, 6) is 0.948. The van der Waals surface area contributed by atoms with Crippen molar-refractivity contribution in [2.45, 2.75) is 0 Å². The van der Waals surface area contributed by atoms with Crippen LogP contribution in [0.3, 0.4) is 0 Å². The molecule has 0 bridgehead atoms. The van der Waals surface area contributed by atoms with Gasteiger partial charge >= 0.3 is 6.03 Å². The number of hydrogen-bond acceptors (Lipinski definition) is 4. The minimum absolute atomic E-state index is 0.379. The summed E-state index contributed by atoms with van der Waals surface area (Å²) >= 11 is 0. The Morgan fingerprint density at radius 1 is 1.47 bits per heavy atom. The molecule has 2 amide bonds. The lowest BCUT2D eigenvalue weighted by atomic mass is 10.5. The van der Waals surface area contributed by atoms with Crippen LogP contribution in [0.4, 0.5) is 10.6 Å². The summed E-state index contributed by atoms with van der Waals surface area (Å²) in [4.78, 5) is 19.2. The largest absolute Gasteiger partial charge is 0.324 e. The Bertz CT molecular complexity index is 521. The molecule has 2 N–H and O–H groups in total. The zero-order valence-electron chi connectivity index (χ0n) is 8.87. The third-order valence-corrected chi connectivity index (χ3v) is 1.87. The van der Waals surface area contributed by atoms with Gasteiger partial charge in [-0.1, -0.05) is 6.58 Å². The van der Waals surface area contributed by atoms with Gasteiger partial charge in [-0.15, -0.1) is 0 Å². The Labute approximate surface area is 97.2 Å². The van der Waals surface area contributed by atoms with Gasteiger partial charge < -0.3 is 5.32 Å². The van der Waals surface area contributed by atoms with Crippen LogP contribution in [0.5, 0.6) is 0 Å². The summed E-state index contributed by atoms with van der Waals surface area (Å²) in [6, 6.07) is 2.97. The van der Waals surface area contributed by atoms with Crippen LogP contribution >= 0.6 is 0 Å². The van der Waals surface area contributed by atoms with E-state index in [4.69, 9.17) is 0 Å². The van der Waals surface area contributed by atoms with Crippen molar-refractivity contribution in [2.75, 3.05) is 5.32 Å². The lowest BCUT2D eigenvalue weighted by Gasteiger charge is -2.05. The molecule has 17 heavy (non-hydrogen) atoms. The van der Waals surface area contributed by atoms with E-state index in [1.165, 1.54) is 12.5 Å². The van der Waals surface area contributed by atoms with Gasteiger partial charge in [0.15, 0.2) is 5.82 Å². The van der Waals surface area contributed by atoms with Crippen LogP contribution < -0.4 is 10.6 Å². The number of nitrogens with zero attached hydrogens (tertiary/aromatic N) is 4. The predicted molar refractivity (Wildman–Crippen MR) is 61.5 cm³/mol. The predicted octanol–water partition coefficient (Wildman–Crippen LogP) is 0.927. The molecule has 0 aliphatic rings. The van der Waals surface area contributed by atoms with Crippen molar-refractivity contribution in [1.82, 2.24) is 25.1 Å². The summed E-state index contributed by atoms with van der Waals surface area (Å²) < 4.78 is 1.57. The van der Waals surface area contributed by atoms with Crippen LogP contribution in [-0.4, -0.2) is 25.8 Å². The molecule has 0 radical (unpaired) electrons. The molecule has 2 aromatic rings. The second-order valence-corrected chi connectivity index (χ2v) is 3.01. The molecule has 0 aliphatic carbocycles. The minimum atomic E-state index is -0.412. The third kappa shape index (κ3) is 2.65. The van der Waals surface area contributed by atoms with Gasteiger partial charge in [-0.2, -0.15) is 5.10 Å². The van der Waals surface area contributed by atoms with E-state index in [9.17, 15) is 4.79 Å². The van der Waals surface area contributed by atoms with Gasteiger partial charge in [0.05, 0.1) is 0 Å². The summed E-state index contributed by atoms with van der Waals surface area (Å²) in [6.07, 6.45) is 6.01. The first-order valence-electron chi connectivity index (χ1n) is 4.80. The maximum absolute atomic E-state index is 11.2. The monoisotopic (exact) mass is 230 g/mol. The number of hydrogen-bond donors (Lipinski definition) is 2. The highest BCUT2D eigenvalue weighted by atomic mass is 16.2. The SMILES string of the molecule is C=CNC(=O)Nc1cc(-n2cccn2)ncn1. The van der Waals surface area contributed by atoms with E-state index in [2.05, 4.69) is 32.3 Å². The number of anilines is 1. The van der Waals surface area contributed by atoms with E-state index in [-0.39, 0.29) is 0 Å². The average molecular weight is 230 g/mol. The fourth-order valence-corrected chi connectivity index (χ4v) is 1.19. The Balaban J connectivity index is 2.17. The molecule has 7 heteroatoms. The highest BCUT2D eigenvalue weighted by Gasteiger charge is 2.03. The molecule has 2 rings (SSSR count). The fraction of sp³-hybridized carbons (Fsp3) is 0. The van der Waals surface area contributed by atoms with Crippen LogP contribution in [0, 0.1) is 0 Å². The van der Waals surface area contributed by atoms with Gasteiger partial charge in [0.25, 0.3) is 0 Å². The van der Waals surface area contributed by atoms with Crippen LogP contribution in [-0.2, 0) is 0 Å². The first-order chi connectivity index (χ1) is 8.29. The van der Waals surface area contributed by atoms with E-state index < -0.39 is 6.03 Å². The van der Waals surface area contributed by atoms with Crippen molar-refractivity contribution in [2.24, 2.45) is 0 Å². The maximum Gasteiger partial charge on any atom is 0.324 e. The molecular weight excluding hydrogens is 220 g/mol. The quantitative estimate of drug-likeness (QED) is 0.821. The van der Waals surface area contributed by atoms with Crippen molar-refractivity contribution < 1.29 is 4.79 Å². The summed E-state index contributed by atoms with van der Waals surface area (Å²) in [6.45, 7) is 3.38. The number of carbonyl (C=O) groups is 1. The molecule has 0 saturated heterocycles. The Morgan fingerprint density at radius 2 is 2.35 bits per heavy atom. The smallest absolute Gasteiger partial charge is 0.315 e. The van der Waals surface area contributed by atoms with Crippen molar-refractivity contribution in [1.29, 1.82) is 0 Å². The number of carbonyl (C=O) groups excluding carboxylic acids is 1. The Morgan fingerprint density at radius 3 is 3.06 bits per heavy atom. The summed E-state index contributed by atoms with van der Waals surface area (Å²) in [7, 11) is 0. The fourth-order valence-electron chi connectivity index (χ4n) is 1.19. The van der Waals surface area contributed by atoms with Gasteiger partial charge in [0.2, 0.25) is 0 Å². The lowest BCUT2D eigenvalue weighted by molar-refractivity contribution is 0.255. The van der Waals surface area contributed by atoms with Crippen molar-refractivity contribution in [3.8, 4) is 5.82 Å². The molecule has 7 nitrogen and oxygen atoms in total. The number of rotatable bonds is 3. The van der Waals surface area contributed by atoms with Gasteiger partial charge in [-0.25, -0.2) is 19.4 Å². The average Bonchev–Trinajstić information content (AvgIpc) is 2.83. The highest BCUT2D eigenvalue weighted by molar-refractivity contribution is 5.88. The van der Waals surface area contributed by atoms with Crippen molar-refractivity contribution in [3.63, 3.8) is 0 Å². The number of amides is 2. The van der Waals surface area contributed by atoms with Crippen LogP contribution in [0.2, 0.25) is 0 Å². The second-order valence-electron chi connectivity index (χ2n) is 3.01. The van der Waals surface area contributed by atoms with Crippen molar-refractivity contribution >= 4 is 11.8 Å². The highest BCUT2D eigenvalue weighted by Crippen LogP contribution is 2.07. The van der Waals surface area contributed by atoms with Gasteiger partial charge in [0, 0.05) is 18.5 Å². The van der Waals surface area contributed by atoms with Gasteiger partial charge in [-0.3, -0.25) is 5.32 Å². The van der Waals surface area contributed by atoms with E-state index in [1.54, 1.807) is 29.2 Å². The second kappa shape index (κ2) is 4.88. The first-order valence-corrected chi connectivity index (χ1v) is 4.80. The Hall–Kier alpha value is -2.70. The van der Waals surface area contributed by atoms with Gasteiger partial charge in [0.1, 0.15) is 12.1 Å². The van der Waals surface area contributed by atoms with Crippen LogP contribution in [0.25, 0.3) is 5.82 Å². The number of nitrogens with one attached hydrogen (secondary N) is 2. The minimum Gasteiger partial charge on any atom is -0.315 e. The van der Waals surface area contributed by atoms with E-state index >= 15 is 0 Å². The molecule has 2 heterocycles.